The quantitative estimate of drug-likeness (QED) is 0.486. The third-order valence-corrected chi connectivity index (χ3v) is 3.82. The van der Waals surface area contributed by atoms with Gasteiger partial charge in [-0.3, -0.25) is 9.36 Å². The summed E-state index contributed by atoms with van der Waals surface area (Å²) in [6.07, 6.45) is -1.16. The maximum absolute atomic E-state index is 10.9. The lowest BCUT2D eigenvalue weighted by molar-refractivity contribution is -0.137. The Labute approximate surface area is 79.3 Å². The molecule has 0 bridgehead atoms. The number of hydrogen-bond donors (Lipinski definition) is 4. The average Bonchev–Trinajstić information content (AvgIpc) is 1.78. The lowest BCUT2D eigenvalue weighted by Crippen LogP contribution is -1.99. The number of carboxylic acid groups (broad SMARTS) is 1. The number of phosphoric acid groups is 1. The minimum absolute atomic E-state index is 0.191. The highest BCUT2D eigenvalue weighted by Crippen LogP contribution is 2.57. The Morgan fingerprint density at radius 2 is 1.71 bits per heavy atom. The van der Waals surface area contributed by atoms with Crippen LogP contribution in [-0.2, 0) is 18.2 Å². The summed E-state index contributed by atoms with van der Waals surface area (Å²) in [6.45, 7) is 0. The van der Waals surface area contributed by atoms with Gasteiger partial charge in [-0.05, 0) is 6.42 Å². The van der Waals surface area contributed by atoms with Crippen LogP contribution in [0.15, 0.2) is 0 Å². The van der Waals surface area contributed by atoms with Crippen molar-refractivity contribution < 1.29 is 38.0 Å². The molecule has 0 fully saturated rings. The van der Waals surface area contributed by atoms with Crippen molar-refractivity contribution in [3.8, 4) is 0 Å². The molecule has 0 aliphatic carbocycles. The highest BCUT2D eigenvalue weighted by molar-refractivity contribution is 7.63. The van der Waals surface area contributed by atoms with Gasteiger partial charge < -0.3 is 19.8 Å². The van der Waals surface area contributed by atoms with Crippen molar-refractivity contribution in [2.24, 2.45) is 0 Å². The second-order valence-electron chi connectivity index (χ2n) is 2.43. The Morgan fingerprint density at radius 3 is 2.07 bits per heavy atom. The summed E-state index contributed by atoms with van der Waals surface area (Å²) in [5, 5.41) is 8.18. The molecule has 14 heavy (non-hydrogen) atoms. The zero-order valence-electron chi connectivity index (χ0n) is 6.94. The lowest BCUT2D eigenvalue weighted by atomic mass is 10.3. The zero-order chi connectivity index (χ0) is 11.4. The van der Waals surface area contributed by atoms with E-state index in [1.165, 1.54) is 0 Å². The van der Waals surface area contributed by atoms with Crippen LogP contribution in [0.4, 0.5) is 0 Å². The molecule has 0 aliphatic heterocycles. The van der Waals surface area contributed by atoms with E-state index in [9.17, 15) is 13.9 Å². The van der Waals surface area contributed by atoms with Crippen molar-refractivity contribution in [3.63, 3.8) is 0 Å². The molecule has 0 aromatic rings. The standard InChI is InChI=1S/C4H10O8P2/c5-4(6)2-1-3-13(7,8)12-14(9,10)11/h1-3H2,(H,5,6)(H,7,8)(H2,9,10,11). The van der Waals surface area contributed by atoms with E-state index >= 15 is 0 Å². The molecule has 0 aromatic carbocycles. The normalized spacial score (nSPS) is 16.2. The first-order valence-corrected chi connectivity index (χ1v) is 6.72. The van der Waals surface area contributed by atoms with Gasteiger partial charge in [0.25, 0.3) is 0 Å². The van der Waals surface area contributed by atoms with Crippen LogP contribution in [0.25, 0.3) is 0 Å². The molecular weight excluding hydrogens is 238 g/mol. The fourth-order valence-electron chi connectivity index (χ4n) is 0.637. The minimum Gasteiger partial charge on any atom is -0.481 e. The van der Waals surface area contributed by atoms with Crippen LogP contribution in [0.5, 0.6) is 0 Å². The lowest BCUT2D eigenvalue weighted by Gasteiger charge is -2.11. The van der Waals surface area contributed by atoms with Crippen molar-refractivity contribution in [1.29, 1.82) is 0 Å². The van der Waals surface area contributed by atoms with Gasteiger partial charge >= 0.3 is 21.4 Å². The molecule has 0 saturated carbocycles. The SMILES string of the molecule is O=C(O)CCCP(=O)(O)OP(=O)(O)O. The molecule has 1 unspecified atom stereocenters. The summed E-state index contributed by atoms with van der Waals surface area (Å²) in [5.41, 5.74) is 0. The van der Waals surface area contributed by atoms with E-state index in [0.29, 0.717) is 0 Å². The molecule has 0 heterocycles. The average molecular weight is 248 g/mol. The number of hydrogen-bond acceptors (Lipinski definition) is 4. The van der Waals surface area contributed by atoms with Crippen molar-refractivity contribution in [1.82, 2.24) is 0 Å². The van der Waals surface area contributed by atoms with Crippen LogP contribution < -0.4 is 0 Å². The van der Waals surface area contributed by atoms with E-state index in [0.717, 1.165) is 0 Å². The van der Waals surface area contributed by atoms with E-state index in [2.05, 4.69) is 4.31 Å². The van der Waals surface area contributed by atoms with Gasteiger partial charge in [-0.2, -0.15) is 0 Å². The Balaban J connectivity index is 4.03. The first-order chi connectivity index (χ1) is 6.12. The molecule has 10 heteroatoms. The number of carbonyl (C=O) groups is 1. The molecular formula is C4H10O8P2. The van der Waals surface area contributed by atoms with Crippen LogP contribution in [-0.4, -0.2) is 31.9 Å². The van der Waals surface area contributed by atoms with Gasteiger partial charge in [-0.25, -0.2) is 8.88 Å². The zero-order valence-corrected chi connectivity index (χ0v) is 8.73. The molecule has 0 rings (SSSR count). The highest BCUT2D eigenvalue weighted by Gasteiger charge is 2.30. The molecule has 0 amide bonds. The monoisotopic (exact) mass is 248 g/mol. The van der Waals surface area contributed by atoms with Crippen LogP contribution in [0.3, 0.4) is 0 Å². The van der Waals surface area contributed by atoms with Gasteiger partial charge in [-0.1, -0.05) is 0 Å². The number of aliphatic carboxylic acids is 1. The molecule has 0 saturated heterocycles. The molecule has 1 atom stereocenters. The predicted molar refractivity (Wildman–Crippen MR) is 44.7 cm³/mol. The van der Waals surface area contributed by atoms with Crippen molar-refractivity contribution in [2.75, 3.05) is 6.16 Å². The fraction of sp³-hybridized carbons (Fsp3) is 0.750. The van der Waals surface area contributed by atoms with Gasteiger partial charge in [0.2, 0.25) is 0 Å². The highest BCUT2D eigenvalue weighted by atomic mass is 31.3. The fourth-order valence-corrected chi connectivity index (χ4v) is 2.85. The molecule has 0 aromatic heterocycles. The van der Waals surface area contributed by atoms with Crippen LogP contribution >= 0.6 is 15.4 Å². The topological polar surface area (TPSA) is 141 Å². The van der Waals surface area contributed by atoms with Gasteiger partial charge in [0.15, 0.2) is 0 Å². The Kier molecular flexibility index (Phi) is 4.94. The summed E-state index contributed by atoms with van der Waals surface area (Å²) in [7, 11) is -9.41. The van der Waals surface area contributed by atoms with E-state index < -0.39 is 27.5 Å². The smallest absolute Gasteiger partial charge is 0.476 e. The molecule has 4 N–H and O–H groups in total. The van der Waals surface area contributed by atoms with Gasteiger partial charge in [0.05, 0.1) is 6.16 Å². The number of carboxylic acids is 1. The van der Waals surface area contributed by atoms with E-state index in [-0.39, 0.29) is 12.8 Å². The van der Waals surface area contributed by atoms with Crippen LogP contribution in [0.1, 0.15) is 12.8 Å². The summed E-state index contributed by atoms with van der Waals surface area (Å²) in [6, 6.07) is 0. The van der Waals surface area contributed by atoms with Crippen molar-refractivity contribution >= 4 is 21.4 Å². The summed E-state index contributed by atoms with van der Waals surface area (Å²) >= 11 is 0. The molecule has 0 aliphatic rings. The second-order valence-corrected chi connectivity index (χ2v) is 5.79. The van der Waals surface area contributed by atoms with Crippen molar-refractivity contribution in [2.45, 2.75) is 12.8 Å². The first kappa shape index (κ1) is 13.8. The minimum atomic E-state index is -5.01. The Hall–Kier alpha value is -0.230. The maximum Gasteiger partial charge on any atom is 0.476 e. The molecule has 84 valence electrons. The maximum atomic E-state index is 10.9. The van der Waals surface area contributed by atoms with Crippen LogP contribution in [0.2, 0.25) is 0 Å². The first-order valence-electron chi connectivity index (χ1n) is 3.43. The predicted octanol–water partition coefficient (Wildman–Crippen LogP) is 0.146. The molecule has 0 spiro atoms. The second kappa shape index (κ2) is 5.02. The van der Waals surface area contributed by atoms with Gasteiger partial charge in [0, 0.05) is 6.42 Å². The summed E-state index contributed by atoms with van der Waals surface area (Å²) < 4.78 is 24.6. The Morgan fingerprint density at radius 1 is 1.21 bits per heavy atom. The Bertz CT molecular complexity index is 292. The molecule has 8 nitrogen and oxygen atoms in total. The van der Waals surface area contributed by atoms with Crippen LogP contribution in [0, 0.1) is 0 Å². The van der Waals surface area contributed by atoms with E-state index in [1.807, 2.05) is 0 Å². The third-order valence-electron chi connectivity index (χ3n) is 1.07. The van der Waals surface area contributed by atoms with Gasteiger partial charge in [-0.15, -0.1) is 0 Å². The van der Waals surface area contributed by atoms with Gasteiger partial charge in [0.1, 0.15) is 0 Å². The summed E-state index contributed by atoms with van der Waals surface area (Å²) in [5.74, 6) is -1.17. The number of rotatable bonds is 6. The third kappa shape index (κ3) is 8.37. The van der Waals surface area contributed by atoms with E-state index in [1.54, 1.807) is 0 Å². The summed E-state index contributed by atoms with van der Waals surface area (Å²) in [4.78, 5) is 35.2. The van der Waals surface area contributed by atoms with Crippen molar-refractivity contribution in [3.05, 3.63) is 0 Å². The van der Waals surface area contributed by atoms with E-state index in [4.69, 9.17) is 19.8 Å². The largest absolute Gasteiger partial charge is 0.481 e. The molecule has 0 radical (unpaired) electrons.